The molecule has 1 saturated heterocycles. The summed E-state index contributed by atoms with van der Waals surface area (Å²) in [5.41, 5.74) is 1.05. The van der Waals surface area contributed by atoms with Crippen molar-refractivity contribution >= 4 is 0 Å². The van der Waals surface area contributed by atoms with Crippen molar-refractivity contribution in [3.05, 3.63) is 35.6 Å². The Morgan fingerprint density at radius 2 is 2.00 bits per heavy atom. The summed E-state index contributed by atoms with van der Waals surface area (Å²) in [5.74, 6) is -0.217. The molecule has 14 heavy (non-hydrogen) atoms. The van der Waals surface area contributed by atoms with Gasteiger partial charge in [-0.25, -0.2) is 4.39 Å². The molecule has 0 amide bonds. The lowest BCUT2D eigenvalue weighted by Gasteiger charge is -2.27. The van der Waals surface area contributed by atoms with Gasteiger partial charge < -0.3 is 10.4 Å². The van der Waals surface area contributed by atoms with E-state index in [0.717, 1.165) is 18.5 Å². The van der Waals surface area contributed by atoms with Crippen molar-refractivity contribution in [1.29, 1.82) is 0 Å². The van der Waals surface area contributed by atoms with Gasteiger partial charge in [-0.1, -0.05) is 12.1 Å². The Morgan fingerprint density at radius 3 is 2.64 bits per heavy atom. The molecule has 2 rings (SSSR count). The van der Waals surface area contributed by atoms with Gasteiger partial charge in [-0.2, -0.15) is 0 Å². The summed E-state index contributed by atoms with van der Waals surface area (Å²) in [5, 5.41) is 12.8. The van der Waals surface area contributed by atoms with Crippen molar-refractivity contribution in [2.75, 3.05) is 6.54 Å². The Morgan fingerprint density at radius 1 is 1.29 bits per heavy atom. The van der Waals surface area contributed by atoms with E-state index in [1.54, 1.807) is 12.1 Å². The predicted octanol–water partition coefficient (Wildman–Crippen LogP) is 1.61. The molecule has 0 aromatic heterocycles. The van der Waals surface area contributed by atoms with Crippen LogP contribution in [-0.2, 0) is 0 Å². The van der Waals surface area contributed by atoms with Crippen molar-refractivity contribution in [1.82, 2.24) is 5.32 Å². The quantitative estimate of drug-likeness (QED) is 0.713. The van der Waals surface area contributed by atoms with Crippen LogP contribution in [0.25, 0.3) is 0 Å². The van der Waals surface area contributed by atoms with Crippen LogP contribution in [0.3, 0.4) is 0 Å². The molecule has 1 fully saturated rings. The zero-order valence-electron chi connectivity index (χ0n) is 7.91. The van der Waals surface area contributed by atoms with Gasteiger partial charge in [-0.15, -0.1) is 0 Å². The van der Waals surface area contributed by atoms with Gasteiger partial charge in [0.2, 0.25) is 0 Å². The van der Waals surface area contributed by atoms with Gasteiger partial charge in [0.25, 0.3) is 0 Å². The van der Waals surface area contributed by atoms with Crippen LogP contribution in [0.15, 0.2) is 24.3 Å². The standard InChI is InChI=1S/C11H14FNO/c12-9-3-1-8(2-4-9)11-7-10(14)5-6-13-11/h1-4,10-11,13-14H,5-7H2/t10-,11-/m1/s1. The zero-order chi connectivity index (χ0) is 9.97. The molecule has 2 nitrogen and oxygen atoms in total. The molecule has 1 aliphatic heterocycles. The third kappa shape index (κ3) is 2.11. The normalized spacial score (nSPS) is 27.6. The Hall–Kier alpha value is -0.930. The fraction of sp³-hybridized carbons (Fsp3) is 0.455. The first kappa shape index (κ1) is 9.62. The average molecular weight is 195 g/mol. The van der Waals surface area contributed by atoms with Gasteiger partial charge in [0.1, 0.15) is 5.82 Å². The predicted molar refractivity (Wildman–Crippen MR) is 52.4 cm³/mol. The van der Waals surface area contributed by atoms with Crippen molar-refractivity contribution in [2.24, 2.45) is 0 Å². The summed E-state index contributed by atoms with van der Waals surface area (Å²) in [4.78, 5) is 0. The van der Waals surface area contributed by atoms with E-state index in [-0.39, 0.29) is 18.0 Å². The second-order valence-electron chi connectivity index (χ2n) is 3.74. The van der Waals surface area contributed by atoms with Crippen LogP contribution in [0.2, 0.25) is 0 Å². The van der Waals surface area contributed by atoms with Gasteiger partial charge >= 0.3 is 0 Å². The SMILES string of the molecule is O[C@@H]1CCN[C@@H](c2ccc(F)cc2)C1. The molecular formula is C11H14FNO. The lowest BCUT2D eigenvalue weighted by Crippen LogP contribution is -2.34. The van der Waals surface area contributed by atoms with Crippen molar-refractivity contribution in [2.45, 2.75) is 25.0 Å². The molecule has 2 N–H and O–H groups in total. The third-order valence-corrected chi connectivity index (χ3v) is 2.65. The second kappa shape index (κ2) is 4.07. The van der Waals surface area contributed by atoms with E-state index in [0.29, 0.717) is 6.42 Å². The van der Waals surface area contributed by atoms with E-state index < -0.39 is 0 Å². The molecular weight excluding hydrogens is 181 g/mol. The van der Waals surface area contributed by atoms with Gasteiger partial charge in [0, 0.05) is 6.04 Å². The molecule has 3 heteroatoms. The zero-order valence-corrected chi connectivity index (χ0v) is 7.91. The van der Waals surface area contributed by atoms with E-state index in [4.69, 9.17) is 0 Å². The Bertz CT molecular complexity index is 299. The van der Waals surface area contributed by atoms with Gasteiger partial charge in [0.05, 0.1) is 6.10 Å². The second-order valence-corrected chi connectivity index (χ2v) is 3.74. The number of aliphatic hydroxyl groups is 1. The Labute approximate surface area is 82.8 Å². The smallest absolute Gasteiger partial charge is 0.123 e. The van der Waals surface area contributed by atoms with Gasteiger partial charge in [0.15, 0.2) is 0 Å². The van der Waals surface area contributed by atoms with Crippen LogP contribution in [0.4, 0.5) is 4.39 Å². The van der Waals surface area contributed by atoms with Crippen LogP contribution in [0.5, 0.6) is 0 Å². The summed E-state index contributed by atoms with van der Waals surface area (Å²) in [7, 11) is 0. The van der Waals surface area contributed by atoms with Gasteiger partial charge in [-0.3, -0.25) is 0 Å². The molecule has 0 spiro atoms. The van der Waals surface area contributed by atoms with E-state index >= 15 is 0 Å². The number of hydrogen-bond donors (Lipinski definition) is 2. The van der Waals surface area contributed by atoms with Crippen LogP contribution >= 0.6 is 0 Å². The van der Waals surface area contributed by atoms with Crippen LogP contribution in [-0.4, -0.2) is 17.8 Å². The molecule has 1 aliphatic rings. The van der Waals surface area contributed by atoms with E-state index in [1.807, 2.05) is 0 Å². The molecule has 1 aromatic rings. The Balaban J connectivity index is 2.10. The molecule has 0 aliphatic carbocycles. The lowest BCUT2D eigenvalue weighted by atomic mass is 9.96. The van der Waals surface area contributed by atoms with Crippen molar-refractivity contribution < 1.29 is 9.50 Å². The molecule has 0 saturated carbocycles. The molecule has 1 heterocycles. The Kier molecular flexibility index (Phi) is 2.79. The number of nitrogens with one attached hydrogen (secondary N) is 1. The number of hydrogen-bond acceptors (Lipinski definition) is 2. The maximum Gasteiger partial charge on any atom is 0.123 e. The minimum absolute atomic E-state index is 0.166. The largest absolute Gasteiger partial charge is 0.393 e. The summed E-state index contributed by atoms with van der Waals surface area (Å²) in [6.45, 7) is 0.823. The number of benzene rings is 1. The van der Waals surface area contributed by atoms with Crippen LogP contribution in [0, 0.1) is 5.82 Å². The maximum absolute atomic E-state index is 12.7. The number of aliphatic hydroxyl groups excluding tert-OH is 1. The molecule has 76 valence electrons. The minimum atomic E-state index is -0.230. The summed E-state index contributed by atoms with van der Waals surface area (Å²) in [6.07, 6.45) is 1.29. The first-order valence-electron chi connectivity index (χ1n) is 4.92. The molecule has 2 atom stereocenters. The topological polar surface area (TPSA) is 32.3 Å². The highest BCUT2D eigenvalue weighted by Gasteiger charge is 2.20. The molecule has 0 radical (unpaired) electrons. The fourth-order valence-corrected chi connectivity index (χ4v) is 1.85. The fourth-order valence-electron chi connectivity index (χ4n) is 1.85. The highest BCUT2D eigenvalue weighted by atomic mass is 19.1. The summed E-state index contributed by atoms with van der Waals surface area (Å²) >= 11 is 0. The van der Waals surface area contributed by atoms with Crippen molar-refractivity contribution in [3.8, 4) is 0 Å². The molecule has 0 unspecified atom stereocenters. The molecule has 1 aromatic carbocycles. The molecule has 0 bridgehead atoms. The van der Waals surface area contributed by atoms with E-state index in [2.05, 4.69) is 5.32 Å². The number of rotatable bonds is 1. The maximum atomic E-state index is 12.7. The van der Waals surface area contributed by atoms with Crippen molar-refractivity contribution in [3.63, 3.8) is 0 Å². The van der Waals surface area contributed by atoms with Crippen LogP contribution < -0.4 is 5.32 Å². The highest BCUT2D eigenvalue weighted by molar-refractivity contribution is 5.20. The third-order valence-electron chi connectivity index (χ3n) is 2.65. The number of piperidine rings is 1. The van der Waals surface area contributed by atoms with E-state index in [9.17, 15) is 9.50 Å². The number of halogens is 1. The lowest BCUT2D eigenvalue weighted by molar-refractivity contribution is 0.116. The first-order chi connectivity index (χ1) is 6.75. The van der Waals surface area contributed by atoms with Crippen LogP contribution in [0.1, 0.15) is 24.4 Å². The summed E-state index contributed by atoms with van der Waals surface area (Å²) in [6, 6.07) is 6.62. The monoisotopic (exact) mass is 195 g/mol. The first-order valence-corrected chi connectivity index (χ1v) is 4.92. The highest BCUT2D eigenvalue weighted by Crippen LogP contribution is 2.23. The summed E-state index contributed by atoms with van der Waals surface area (Å²) < 4.78 is 12.7. The van der Waals surface area contributed by atoms with Gasteiger partial charge in [-0.05, 0) is 37.1 Å². The average Bonchev–Trinajstić information content (AvgIpc) is 2.19. The minimum Gasteiger partial charge on any atom is -0.393 e. The van der Waals surface area contributed by atoms with E-state index in [1.165, 1.54) is 12.1 Å².